The largest absolute Gasteiger partial charge is 0.381 e. The van der Waals surface area contributed by atoms with Crippen LogP contribution in [0.5, 0.6) is 0 Å². The number of hydrogen-bond acceptors (Lipinski definition) is 1. The molecule has 0 radical (unpaired) electrons. The average molecular weight is 184 g/mol. The lowest BCUT2D eigenvalue weighted by atomic mass is 9.76. The maximum atomic E-state index is 5.55. The van der Waals surface area contributed by atoms with Gasteiger partial charge in [0.05, 0.1) is 6.10 Å². The van der Waals surface area contributed by atoms with Gasteiger partial charge in [0.15, 0.2) is 0 Å². The van der Waals surface area contributed by atoms with Crippen molar-refractivity contribution in [3.63, 3.8) is 0 Å². The third-order valence-corrected chi connectivity index (χ3v) is 3.02. The minimum Gasteiger partial charge on any atom is -0.381 e. The molecule has 2 atom stereocenters. The molecule has 0 amide bonds. The van der Waals surface area contributed by atoms with Crippen molar-refractivity contribution in [3.8, 4) is 0 Å². The molecular weight excluding hydrogens is 160 g/mol. The first-order chi connectivity index (χ1) is 6.03. The van der Waals surface area contributed by atoms with E-state index in [1.807, 2.05) is 7.11 Å². The maximum absolute atomic E-state index is 5.55. The van der Waals surface area contributed by atoms with E-state index in [0.717, 1.165) is 5.92 Å². The average Bonchev–Trinajstić information content (AvgIpc) is 2.02. The van der Waals surface area contributed by atoms with Crippen LogP contribution in [0.1, 0.15) is 52.9 Å². The molecule has 0 N–H and O–H groups in total. The molecule has 13 heavy (non-hydrogen) atoms. The Bertz CT molecular complexity index is 146. The van der Waals surface area contributed by atoms with Crippen LogP contribution >= 0.6 is 0 Å². The van der Waals surface area contributed by atoms with Gasteiger partial charge in [-0.25, -0.2) is 0 Å². The van der Waals surface area contributed by atoms with E-state index >= 15 is 0 Å². The standard InChI is InChI=1S/C12H24O/c1-12(2,3)9-10-7-5-6-8-11(10)13-4/h10-11H,5-9H2,1-4H3/t10-,11-/m1/s1. The molecule has 78 valence electrons. The molecule has 1 rings (SSSR count). The van der Waals surface area contributed by atoms with Gasteiger partial charge in [0.2, 0.25) is 0 Å². The molecule has 0 aromatic carbocycles. The lowest BCUT2D eigenvalue weighted by molar-refractivity contribution is 0.00777. The van der Waals surface area contributed by atoms with Gasteiger partial charge in [0.1, 0.15) is 0 Å². The summed E-state index contributed by atoms with van der Waals surface area (Å²) in [7, 11) is 1.87. The van der Waals surface area contributed by atoms with Gasteiger partial charge in [-0.2, -0.15) is 0 Å². The van der Waals surface area contributed by atoms with Gasteiger partial charge in [0, 0.05) is 7.11 Å². The normalized spacial score (nSPS) is 30.5. The summed E-state index contributed by atoms with van der Waals surface area (Å²) < 4.78 is 5.55. The van der Waals surface area contributed by atoms with Crippen LogP contribution in [0, 0.1) is 11.3 Å². The Morgan fingerprint density at radius 3 is 2.31 bits per heavy atom. The molecule has 0 saturated heterocycles. The zero-order valence-corrected chi connectivity index (χ0v) is 9.60. The Morgan fingerprint density at radius 2 is 1.77 bits per heavy atom. The van der Waals surface area contributed by atoms with Crippen molar-refractivity contribution in [2.75, 3.05) is 7.11 Å². The first-order valence-electron chi connectivity index (χ1n) is 5.56. The van der Waals surface area contributed by atoms with E-state index in [0.29, 0.717) is 11.5 Å². The molecule has 1 nitrogen and oxygen atoms in total. The second-order valence-corrected chi connectivity index (χ2v) is 5.58. The Kier molecular flexibility index (Phi) is 3.78. The highest BCUT2D eigenvalue weighted by Crippen LogP contribution is 2.35. The van der Waals surface area contributed by atoms with E-state index in [9.17, 15) is 0 Å². The second-order valence-electron chi connectivity index (χ2n) is 5.58. The van der Waals surface area contributed by atoms with Gasteiger partial charge in [-0.3, -0.25) is 0 Å². The highest BCUT2D eigenvalue weighted by Gasteiger charge is 2.28. The van der Waals surface area contributed by atoms with Crippen LogP contribution in [0.3, 0.4) is 0 Å². The van der Waals surface area contributed by atoms with Gasteiger partial charge in [-0.1, -0.05) is 33.6 Å². The number of ether oxygens (including phenoxy) is 1. The van der Waals surface area contributed by atoms with Crippen LogP contribution in [0.15, 0.2) is 0 Å². The summed E-state index contributed by atoms with van der Waals surface area (Å²) in [6.07, 6.45) is 7.26. The highest BCUT2D eigenvalue weighted by molar-refractivity contribution is 4.79. The number of rotatable bonds is 2. The fourth-order valence-electron chi connectivity index (χ4n) is 2.50. The summed E-state index contributed by atoms with van der Waals surface area (Å²) in [6, 6.07) is 0. The quantitative estimate of drug-likeness (QED) is 0.637. The van der Waals surface area contributed by atoms with Crippen molar-refractivity contribution in [1.29, 1.82) is 0 Å². The number of hydrogen-bond donors (Lipinski definition) is 0. The Hall–Kier alpha value is -0.0400. The summed E-state index contributed by atoms with van der Waals surface area (Å²) in [6.45, 7) is 6.98. The predicted molar refractivity (Wildman–Crippen MR) is 56.8 cm³/mol. The third-order valence-electron chi connectivity index (χ3n) is 3.02. The van der Waals surface area contributed by atoms with E-state index in [-0.39, 0.29) is 0 Å². The maximum Gasteiger partial charge on any atom is 0.0599 e. The summed E-state index contributed by atoms with van der Waals surface area (Å²) in [5, 5.41) is 0. The van der Waals surface area contributed by atoms with Crippen LogP contribution in [0.2, 0.25) is 0 Å². The Morgan fingerprint density at radius 1 is 1.15 bits per heavy atom. The van der Waals surface area contributed by atoms with Crippen LogP contribution in [0.4, 0.5) is 0 Å². The van der Waals surface area contributed by atoms with Gasteiger partial charge in [-0.15, -0.1) is 0 Å². The topological polar surface area (TPSA) is 9.23 Å². The molecule has 1 saturated carbocycles. The van der Waals surface area contributed by atoms with Crippen LogP contribution in [-0.2, 0) is 4.74 Å². The molecule has 1 fully saturated rings. The van der Waals surface area contributed by atoms with Crippen molar-refractivity contribution in [3.05, 3.63) is 0 Å². The highest BCUT2D eigenvalue weighted by atomic mass is 16.5. The molecular formula is C12H24O. The second kappa shape index (κ2) is 4.45. The lowest BCUT2D eigenvalue weighted by Gasteiger charge is -2.34. The minimum atomic E-state index is 0.457. The first-order valence-corrected chi connectivity index (χ1v) is 5.56. The Labute approximate surface area is 82.9 Å². The van der Waals surface area contributed by atoms with E-state index < -0.39 is 0 Å². The Balaban J connectivity index is 2.45. The lowest BCUT2D eigenvalue weighted by Crippen LogP contribution is -2.29. The van der Waals surface area contributed by atoms with E-state index in [4.69, 9.17) is 4.74 Å². The molecule has 0 spiro atoms. The smallest absolute Gasteiger partial charge is 0.0599 e. The van der Waals surface area contributed by atoms with Crippen LogP contribution < -0.4 is 0 Å². The molecule has 0 unspecified atom stereocenters. The van der Waals surface area contributed by atoms with E-state index in [1.54, 1.807) is 0 Å². The SMILES string of the molecule is CO[C@@H]1CCCC[C@@H]1CC(C)(C)C. The monoisotopic (exact) mass is 184 g/mol. The predicted octanol–water partition coefficient (Wildman–Crippen LogP) is 3.63. The minimum absolute atomic E-state index is 0.457. The molecule has 1 heteroatoms. The van der Waals surface area contributed by atoms with Crippen molar-refractivity contribution < 1.29 is 4.74 Å². The summed E-state index contributed by atoms with van der Waals surface area (Å²) in [5.41, 5.74) is 0.457. The molecule has 0 aliphatic heterocycles. The van der Waals surface area contributed by atoms with Gasteiger partial charge >= 0.3 is 0 Å². The fourth-order valence-corrected chi connectivity index (χ4v) is 2.50. The van der Waals surface area contributed by atoms with Crippen molar-refractivity contribution in [2.24, 2.45) is 11.3 Å². The molecule has 0 aromatic rings. The zero-order chi connectivity index (χ0) is 9.90. The van der Waals surface area contributed by atoms with Gasteiger partial charge in [-0.05, 0) is 30.6 Å². The summed E-state index contributed by atoms with van der Waals surface area (Å²) >= 11 is 0. The first kappa shape index (κ1) is 11.0. The van der Waals surface area contributed by atoms with E-state index in [1.165, 1.54) is 32.1 Å². The molecule has 0 bridgehead atoms. The van der Waals surface area contributed by atoms with Crippen LogP contribution in [0.25, 0.3) is 0 Å². The molecule has 0 heterocycles. The zero-order valence-electron chi connectivity index (χ0n) is 9.60. The van der Waals surface area contributed by atoms with Gasteiger partial charge < -0.3 is 4.74 Å². The third kappa shape index (κ3) is 3.68. The van der Waals surface area contributed by atoms with E-state index in [2.05, 4.69) is 20.8 Å². The fraction of sp³-hybridized carbons (Fsp3) is 1.00. The number of methoxy groups -OCH3 is 1. The van der Waals surface area contributed by atoms with Gasteiger partial charge in [0.25, 0.3) is 0 Å². The van der Waals surface area contributed by atoms with Crippen molar-refractivity contribution >= 4 is 0 Å². The van der Waals surface area contributed by atoms with Crippen molar-refractivity contribution in [2.45, 2.75) is 59.0 Å². The molecule has 1 aliphatic rings. The molecule has 0 aromatic heterocycles. The summed E-state index contributed by atoms with van der Waals surface area (Å²) in [5.74, 6) is 0.804. The van der Waals surface area contributed by atoms with Crippen LogP contribution in [-0.4, -0.2) is 13.2 Å². The molecule has 1 aliphatic carbocycles. The van der Waals surface area contributed by atoms with Crippen molar-refractivity contribution in [1.82, 2.24) is 0 Å². The summed E-state index contributed by atoms with van der Waals surface area (Å²) in [4.78, 5) is 0.